The van der Waals surface area contributed by atoms with E-state index >= 15 is 0 Å². The maximum absolute atomic E-state index is 10.9. The third-order valence-corrected chi connectivity index (χ3v) is 4.36. The number of nitro groups is 1. The van der Waals surface area contributed by atoms with Gasteiger partial charge in [-0.1, -0.05) is 13.8 Å². The van der Waals surface area contributed by atoms with E-state index < -0.39 is 4.92 Å². The second kappa shape index (κ2) is 6.90. The van der Waals surface area contributed by atoms with Crippen LogP contribution in [0.25, 0.3) is 16.9 Å². The van der Waals surface area contributed by atoms with Crippen molar-refractivity contribution >= 4 is 17.0 Å². The molecule has 0 saturated heterocycles. The average Bonchev–Trinajstić information content (AvgIpc) is 2.97. The molecule has 0 unspecified atom stereocenters. The molecular formula is C18H21N5O2. The number of pyridine rings is 1. The number of non-ortho nitro benzene ring substituents is 1. The van der Waals surface area contributed by atoms with E-state index in [2.05, 4.69) is 18.7 Å². The van der Waals surface area contributed by atoms with Gasteiger partial charge in [0.15, 0.2) is 0 Å². The van der Waals surface area contributed by atoms with Gasteiger partial charge >= 0.3 is 0 Å². The smallest absolute Gasteiger partial charge is 0.269 e. The third-order valence-electron chi connectivity index (χ3n) is 4.36. The second-order valence-electron chi connectivity index (χ2n) is 5.86. The quantitative estimate of drug-likeness (QED) is 0.549. The predicted molar refractivity (Wildman–Crippen MR) is 98.3 cm³/mol. The van der Waals surface area contributed by atoms with Gasteiger partial charge in [0.1, 0.15) is 5.65 Å². The molecule has 2 aromatic heterocycles. The van der Waals surface area contributed by atoms with E-state index in [1.54, 1.807) is 12.1 Å². The summed E-state index contributed by atoms with van der Waals surface area (Å²) in [5.41, 5.74) is 10.2. The zero-order valence-electron chi connectivity index (χ0n) is 14.3. The van der Waals surface area contributed by atoms with Crippen molar-refractivity contribution in [3.63, 3.8) is 0 Å². The summed E-state index contributed by atoms with van der Waals surface area (Å²) >= 11 is 0. The molecule has 0 spiro atoms. The fraction of sp³-hybridized carbons (Fsp3) is 0.278. The first kappa shape index (κ1) is 16.9. The maximum Gasteiger partial charge on any atom is 0.269 e. The van der Waals surface area contributed by atoms with Gasteiger partial charge in [-0.2, -0.15) is 0 Å². The summed E-state index contributed by atoms with van der Waals surface area (Å²) in [5, 5.41) is 10.9. The molecule has 7 nitrogen and oxygen atoms in total. The largest absolute Gasteiger partial charge is 0.398 e. The number of nitro benzene ring substituents is 1. The van der Waals surface area contributed by atoms with E-state index in [1.165, 1.54) is 12.1 Å². The summed E-state index contributed by atoms with van der Waals surface area (Å²) in [7, 11) is 0. The second-order valence-corrected chi connectivity index (χ2v) is 5.86. The molecule has 0 saturated carbocycles. The molecule has 1 aromatic carbocycles. The van der Waals surface area contributed by atoms with E-state index in [1.807, 2.05) is 22.7 Å². The summed E-state index contributed by atoms with van der Waals surface area (Å²) in [5.74, 6) is 0. The SMILES string of the molecule is CCN(CC)Cc1c(-c2ccc([N+](=O)[O-])cc2)nc2ccc(N)cn12. The number of hydrogen-bond acceptors (Lipinski definition) is 5. The van der Waals surface area contributed by atoms with Crippen LogP contribution in [0.1, 0.15) is 19.5 Å². The highest BCUT2D eigenvalue weighted by Gasteiger charge is 2.17. The van der Waals surface area contributed by atoms with Crippen LogP contribution >= 0.6 is 0 Å². The van der Waals surface area contributed by atoms with Crippen LogP contribution in [0.4, 0.5) is 11.4 Å². The summed E-state index contributed by atoms with van der Waals surface area (Å²) in [6, 6.07) is 10.2. The Hall–Kier alpha value is -2.93. The number of hydrogen-bond donors (Lipinski definition) is 1. The lowest BCUT2D eigenvalue weighted by molar-refractivity contribution is -0.384. The lowest BCUT2D eigenvalue weighted by atomic mass is 10.1. The van der Waals surface area contributed by atoms with E-state index in [0.29, 0.717) is 5.69 Å². The molecule has 3 aromatic rings. The molecule has 0 fully saturated rings. The van der Waals surface area contributed by atoms with Crippen molar-refractivity contribution in [3.05, 3.63) is 58.4 Å². The van der Waals surface area contributed by atoms with E-state index in [4.69, 9.17) is 10.7 Å². The Morgan fingerprint density at radius 2 is 1.84 bits per heavy atom. The highest BCUT2D eigenvalue weighted by molar-refractivity contribution is 5.68. The molecule has 7 heteroatoms. The topological polar surface area (TPSA) is 89.7 Å². The van der Waals surface area contributed by atoms with Crippen molar-refractivity contribution in [2.24, 2.45) is 0 Å². The molecule has 2 heterocycles. The highest BCUT2D eigenvalue weighted by atomic mass is 16.6. The molecule has 25 heavy (non-hydrogen) atoms. The van der Waals surface area contributed by atoms with Gasteiger partial charge < -0.3 is 10.1 Å². The molecule has 0 aliphatic carbocycles. The molecule has 0 amide bonds. The number of nitrogen functional groups attached to an aromatic ring is 1. The van der Waals surface area contributed by atoms with Gasteiger partial charge in [0.05, 0.1) is 16.3 Å². The number of aromatic nitrogens is 2. The Bertz CT molecular complexity index is 898. The van der Waals surface area contributed by atoms with Gasteiger partial charge in [-0.25, -0.2) is 4.98 Å². The lowest BCUT2D eigenvalue weighted by Crippen LogP contribution is -2.23. The monoisotopic (exact) mass is 339 g/mol. The Morgan fingerprint density at radius 3 is 2.44 bits per heavy atom. The summed E-state index contributed by atoms with van der Waals surface area (Å²) in [4.78, 5) is 17.5. The number of nitrogens with two attached hydrogens (primary N) is 1. The van der Waals surface area contributed by atoms with Crippen LogP contribution in [0.3, 0.4) is 0 Å². The first-order valence-corrected chi connectivity index (χ1v) is 8.27. The van der Waals surface area contributed by atoms with Crippen LogP contribution in [0.2, 0.25) is 0 Å². The molecule has 130 valence electrons. The Morgan fingerprint density at radius 1 is 1.16 bits per heavy atom. The number of imidazole rings is 1. The first-order valence-electron chi connectivity index (χ1n) is 8.27. The molecule has 2 N–H and O–H groups in total. The zero-order chi connectivity index (χ0) is 18.0. The molecular weight excluding hydrogens is 318 g/mol. The number of fused-ring (bicyclic) bond motifs is 1. The standard InChI is InChI=1S/C18H21N5O2/c1-3-21(4-2)12-16-18(13-5-8-15(9-6-13)23(24)25)20-17-10-7-14(19)11-22(16)17/h5-11H,3-4,12,19H2,1-2H3. The zero-order valence-corrected chi connectivity index (χ0v) is 14.3. The normalized spacial score (nSPS) is 11.3. The van der Waals surface area contributed by atoms with Crippen molar-refractivity contribution < 1.29 is 4.92 Å². The van der Waals surface area contributed by atoms with Crippen LogP contribution < -0.4 is 5.73 Å². The predicted octanol–water partition coefficient (Wildman–Crippen LogP) is 3.33. The summed E-state index contributed by atoms with van der Waals surface area (Å²) < 4.78 is 2.00. The molecule has 0 atom stereocenters. The molecule has 3 rings (SSSR count). The van der Waals surface area contributed by atoms with Crippen LogP contribution in [-0.4, -0.2) is 32.3 Å². The number of nitrogens with zero attached hydrogens (tertiary/aromatic N) is 4. The van der Waals surface area contributed by atoms with E-state index in [0.717, 1.165) is 42.2 Å². The number of rotatable bonds is 6. The van der Waals surface area contributed by atoms with Crippen molar-refractivity contribution in [2.45, 2.75) is 20.4 Å². The van der Waals surface area contributed by atoms with Crippen molar-refractivity contribution in [1.29, 1.82) is 0 Å². The van der Waals surface area contributed by atoms with Gasteiger partial charge in [-0.15, -0.1) is 0 Å². The molecule has 0 bridgehead atoms. The fourth-order valence-electron chi connectivity index (χ4n) is 2.89. The van der Waals surface area contributed by atoms with Crippen LogP contribution in [0, 0.1) is 10.1 Å². The minimum absolute atomic E-state index is 0.0713. The fourth-order valence-corrected chi connectivity index (χ4v) is 2.89. The minimum Gasteiger partial charge on any atom is -0.398 e. The van der Waals surface area contributed by atoms with Crippen molar-refractivity contribution in [3.8, 4) is 11.3 Å². The Balaban J connectivity index is 2.14. The van der Waals surface area contributed by atoms with E-state index in [9.17, 15) is 10.1 Å². The number of anilines is 1. The maximum atomic E-state index is 10.9. The molecule has 0 radical (unpaired) electrons. The molecule has 0 aliphatic rings. The van der Waals surface area contributed by atoms with Crippen molar-refractivity contribution in [1.82, 2.24) is 14.3 Å². The Kier molecular flexibility index (Phi) is 4.67. The first-order chi connectivity index (χ1) is 12.0. The average molecular weight is 339 g/mol. The van der Waals surface area contributed by atoms with Gasteiger partial charge in [0, 0.05) is 36.1 Å². The minimum atomic E-state index is -0.398. The summed E-state index contributed by atoms with van der Waals surface area (Å²) in [6.07, 6.45) is 1.87. The Labute approximate surface area is 145 Å². The van der Waals surface area contributed by atoms with E-state index in [-0.39, 0.29) is 5.69 Å². The summed E-state index contributed by atoms with van der Waals surface area (Å²) in [6.45, 7) is 6.81. The third kappa shape index (κ3) is 3.32. The van der Waals surface area contributed by atoms with Crippen LogP contribution in [0.5, 0.6) is 0 Å². The number of benzene rings is 1. The lowest BCUT2D eigenvalue weighted by Gasteiger charge is -2.18. The molecule has 0 aliphatic heterocycles. The van der Waals surface area contributed by atoms with Gasteiger partial charge in [-0.3, -0.25) is 15.0 Å². The van der Waals surface area contributed by atoms with Gasteiger partial charge in [-0.05, 0) is 37.4 Å². The van der Waals surface area contributed by atoms with Gasteiger partial charge in [0.2, 0.25) is 0 Å². The van der Waals surface area contributed by atoms with Crippen LogP contribution in [-0.2, 0) is 6.54 Å². The highest BCUT2D eigenvalue weighted by Crippen LogP contribution is 2.28. The van der Waals surface area contributed by atoms with Crippen LogP contribution in [0.15, 0.2) is 42.6 Å². The van der Waals surface area contributed by atoms with Gasteiger partial charge in [0.25, 0.3) is 5.69 Å². The van der Waals surface area contributed by atoms with Crippen molar-refractivity contribution in [2.75, 3.05) is 18.8 Å².